The van der Waals surface area contributed by atoms with Gasteiger partial charge < -0.3 is 10.4 Å². The minimum absolute atomic E-state index is 0.286. The van der Waals surface area contributed by atoms with E-state index in [0.29, 0.717) is 17.3 Å². The second-order valence-electron chi connectivity index (χ2n) is 4.89. The van der Waals surface area contributed by atoms with E-state index in [1.165, 1.54) is 0 Å². The van der Waals surface area contributed by atoms with Gasteiger partial charge in [0.15, 0.2) is 0 Å². The van der Waals surface area contributed by atoms with Gasteiger partial charge in [0.25, 0.3) is 0 Å². The van der Waals surface area contributed by atoms with Gasteiger partial charge in [-0.1, -0.05) is 32.4 Å². The van der Waals surface area contributed by atoms with Crippen LogP contribution in [0.1, 0.15) is 32.8 Å². The van der Waals surface area contributed by atoms with Gasteiger partial charge in [-0.05, 0) is 30.0 Å². The molecule has 0 saturated heterocycles. The van der Waals surface area contributed by atoms with Gasteiger partial charge >= 0.3 is 0 Å². The highest BCUT2D eigenvalue weighted by Gasteiger charge is 2.14. The summed E-state index contributed by atoms with van der Waals surface area (Å²) in [5, 5.41) is 13.6. The SMILES string of the molecule is CCC(C)(C)CNCc1cc(Cl)ccc1O. The van der Waals surface area contributed by atoms with E-state index in [4.69, 9.17) is 11.6 Å². The topological polar surface area (TPSA) is 32.3 Å². The molecule has 0 aliphatic heterocycles. The molecule has 2 nitrogen and oxygen atoms in total. The molecule has 0 bridgehead atoms. The van der Waals surface area contributed by atoms with Crippen molar-refractivity contribution < 1.29 is 5.11 Å². The van der Waals surface area contributed by atoms with Crippen LogP contribution in [0.15, 0.2) is 18.2 Å². The Bertz CT molecular complexity index is 350. The Morgan fingerprint density at radius 2 is 2.06 bits per heavy atom. The van der Waals surface area contributed by atoms with Crippen molar-refractivity contribution in [2.75, 3.05) is 6.54 Å². The van der Waals surface area contributed by atoms with Crippen molar-refractivity contribution in [2.24, 2.45) is 5.41 Å². The molecule has 0 saturated carbocycles. The molecule has 0 amide bonds. The third kappa shape index (κ3) is 4.03. The summed E-state index contributed by atoms with van der Waals surface area (Å²) >= 11 is 5.87. The number of hydrogen-bond acceptors (Lipinski definition) is 2. The summed E-state index contributed by atoms with van der Waals surface area (Å²) in [5.74, 6) is 0.297. The number of nitrogens with one attached hydrogen (secondary N) is 1. The summed E-state index contributed by atoms with van der Waals surface area (Å²) in [6.45, 7) is 8.19. The number of rotatable bonds is 5. The largest absolute Gasteiger partial charge is 0.508 e. The van der Waals surface area contributed by atoms with E-state index >= 15 is 0 Å². The average molecular weight is 242 g/mol. The Morgan fingerprint density at radius 1 is 1.38 bits per heavy atom. The standard InChI is InChI=1S/C13H20ClNO/c1-4-13(2,3)9-15-8-10-7-11(14)5-6-12(10)16/h5-7,15-16H,4,8-9H2,1-3H3. The molecule has 2 N–H and O–H groups in total. The first kappa shape index (κ1) is 13.3. The normalized spacial score (nSPS) is 11.8. The molecule has 3 heteroatoms. The van der Waals surface area contributed by atoms with Crippen LogP contribution < -0.4 is 5.32 Å². The fourth-order valence-electron chi connectivity index (χ4n) is 1.36. The molecular weight excluding hydrogens is 222 g/mol. The Morgan fingerprint density at radius 3 is 2.69 bits per heavy atom. The minimum atomic E-state index is 0.286. The second-order valence-corrected chi connectivity index (χ2v) is 5.33. The molecule has 0 spiro atoms. The maximum absolute atomic E-state index is 9.62. The lowest BCUT2D eigenvalue weighted by atomic mass is 9.90. The Hall–Kier alpha value is -0.730. The number of benzene rings is 1. The molecular formula is C13H20ClNO. The van der Waals surface area contributed by atoms with Crippen molar-refractivity contribution in [1.29, 1.82) is 0 Å². The highest BCUT2D eigenvalue weighted by atomic mass is 35.5. The molecule has 1 aromatic rings. The van der Waals surface area contributed by atoms with Crippen LogP contribution in [-0.2, 0) is 6.54 Å². The molecule has 0 fully saturated rings. The van der Waals surface area contributed by atoms with Gasteiger partial charge in [0.05, 0.1) is 0 Å². The zero-order valence-corrected chi connectivity index (χ0v) is 10.9. The Labute approximate surface area is 103 Å². The molecule has 0 aromatic heterocycles. The minimum Gasteiger partial charge on any atom is -0.508 e. The third-order valence-electron chi connectivity index (χ3n) is 2.92. The Balaban J connectivity index is 2.52. The molecule has 1 rings (SSSR count). The molecule has 0 radical (unpaired) electrons. The predicted molar refractivity (Wildman–Crippen MR) is 68.9 cm³/mol. The molecule has 16 heavy (non-hydrogen) atoms. The van der Waals surface area contributed by atoms with Crippen LogP contribution in [0.4, 0.5) is 0 Å². The quantitative estimate of drug-likeness (QED) is 0.826. The number of halogens is 1. The van der Waals surface area contributed by atoms with Crippen LogP contribution in [0.3, 0.4) is 0 Å². The van der Waals surface area contributed by atoms with E-state index in [1.54, 1.807) is 18.2 Å². The summed E-state index contributed by atoms with van der Waals surface area (Å²) in [6, 6.07) is 5.11. The van der Waals surface area contributed by atoms with Crippen LogP contribution in [0.5, 0.6) is 5.75 Å². The van der Waals surface area contributed by atoms with E-state index < -0.39 is 0 Å². The first-order valence-corrected chi connectivity index (χ1v) is 6.00. The predicted octanol–water partition coefficient (Wildman–Crippen LogP) is 3.57. The second kappa shape index (κ2) is 5.55. The summed E-state index contributed by atoms with van der Waals surface area (Å²) < 4.78 is 0. The molecule has 0 aliphatic rings. The smallest absolute Gasteiger partial charge is 0.120 e. The van der Waals surface area contributed by atoms with E-state index in [0.717, 1.165) is 18.5 Å². The maximum Gasteiger partial charge on any atom is 0.120 e. The fraction of sp³-hybridized carbons (Fsp3) is 0.538. The highest BCUT2D eigenvalue weighted by molar-refractivity contribution is 6.30. The van der Waals surface area contributed by atoms with Gasteiger partial charge in [-0.2, -0.15) is 0 Å². The highest BCUT2D eigenvalue weighted by Crippen LogP contribution is 2.22. The van der Waals surface area contributed by atoms with E-state index in [-0.39, 0.29) is 5.41 Å². The van der Waals surface area contributed by atoms with Crippen LogP contribution in [0.25, 0.3) is 0 Å². The van der Waals surface area contributed by atoms with Gasteiger partial charge in [0.1, 0.15) is 5.75 Å². The fourth-order valence-corrected chi connectivity index (χ4v) is 1.55. The van der Waals surface area contributed by atoms with Crippen LogP contribution in [0, 0.1) is 5.41 Å². The molecule has 0 heterocycles. The average Bonchev–Trinajstić information content (AvgIpc) is 2.23. The van der Waals surface area contributed by atoms with Crippen LogP contribution >= 0.6 is 11.6 Å². The van der Waals surface area contributed by atoms with Crippen LogP contribution in [-0.4, -0.2) is 11.7 Å². The summed E-state index contributed by atoms with van der Waals surface area (Å²) in [6.07, 6.45) is 1.13. The third-order valence-corrected chi connectivity index (χ3v) is 3.15. The lowest BCUT2D eigenvalue weighted by molar-refractivity contribution is 0.326. The van der Waals surface area contributed by atoms with Crippen molar-refractivity contribution in [3.05, 3.63) is 28.8 Å². The molecule has 1 aromatic carbocycles. The van der Waals surface area contributed by atoms with Crippen molar-refractivity contribution in [2.45, 2.75) is 33.7 Å². The molecule has 0 unspecified atom stereocenters. The molecule has 0 atom stereocenters. The van der Waals surface area contributed by atoms with Crippen LogP contribution in [0.2, 0.25) is 5.02 Å². The molecule has 0 aliphatic carbocycles. The summed E-state index contributed by atoms with van der Waals surface area (Å²) in [5.41, 5.74) is 1.13. The van der Waals surface area contributed by atoms with Crippen molar-refractivity contribution in [1.82, 2.24) is 5.32 Å². The van der Waals surface area contributed by atoms with Gasteiger partial charge in [0, 0.05) is 23.7 Å². The van der Waals surface area contributed by atoms with E-state index in [1.807, 2.05) is 0 Å². The van der Waals surface area contributed by atoms with E-state index in [2.05, 4.69) is 26.1 Å². The van der Waals surface area contributed by atoms with Gasteiger partial charge in [-0.15, -0.1) is 0 Å². The first-order valence-electron chi connectivity index (χ1n) is 5.63. The number of phenols is 1. The number of phenolic OH excluding ortho intramolecular Hbond substituents is 1. The van der Waals surface area contributed by atoms with Crippen molar-refractivity contribution in [3.63, 3.8) is 0 Å². The summed E-state index contributed by atoms with van der Waals surface area (Å²) in [7, 11) is 0. The Kier molecular flexibility index (Phi) is 4.63. The van der Waals surface area contributed by atoms with E-state index in [9.17, 15) is 5.11 Å². The van der Waals surface area contributed by atoms with Gasteiger partial charge in [0.2, 0.25) is 0 Å². The first-order chi connectivity index (χ1) is 7.44. The monoisotopic (exact) mass is 241 g/mol. The number of hydrogen-bond donors (Lipinski definition) is 2. The lowest BCUT2D eigenvalue weighted by Crippen LogP contribution is -2.28. The summed E-state index contributed by atoms with van der Waals surface area (Å²) in [4.78, 5) is 0. The molecule has 90 valence electrons. The number of aromatic hydroxyl groups is 1. The van der Waals surface area contributed by atoms with Crippen molar-refractivity contribution in [3.8, 4) is 5.75 Å². The van der Waals surface area contributed by atoms with Crippen molar-refractivity contribution >= 4 is 11.6 Å². The zero-order valence-electron chi connectivity index (χ0n) is 10.2. The zero-order chi connectivity index (χ0) is 12.2. The van der Waals surface area contributed by atoms with Gasteiger partial charge in [-0.25, -0.2) is 0 Å². The lowest BCUT2D eigenvalue weighted by Gasteiger charge is -2.23. The maximum atomic E-state index is 9.62. The van der Waals surface area contributed by atoms with Gasteiger partial charge in [-0.3, -0.25) is 0 Å².